The van der Waals surface area contributed by atoms with E-state index in [-0.39, 0.29) is 31.9 Å². The molecule has 7 heteroatoms. The third kappa shape index (κ3) is 5.09. The topological polar surface area (TPSA) is 38.7 Å². The molecule has 4 heterocycles. The third-order valence-corrected chi connectivity index (χ3v) is 10.5. The van der Waals surface area contributed by atoms with Crippen molar-refractivity contribution in [1.29, 1.82) is 0 Å². The predicted molar refractivity (Wildman–Crippen MR) is 207 cm³/mol. The molecule has 0 spiro atoms. The van der Waals surface area contributed by atoms with Crippen molar-refractivity contribution in [2.24, 2.45) is 0 Å². The maximum Gasteiger partial charge on any atom is 4.00 e. The molecule has 0 radical (unpaired) electrons. The summed E-state index contributed by atoms with van der Waals surface area (Å²) in [4.78, 5) is 18.7. The van der Waals surface area contributed by atoms with Gasteiger partial charge >= 0.3 is 21.1 Å². The standard InChI is InChI=1S/C45H40N6.Pt/c1-43(2,3)31-13-11-15-33(25-31)48-29-50(41-19-9-7-17-39(41)48)45(37-21-23-46-27-35(37)36-28-47-24-22-38(36)45)51-30-49(40-18-8-10-20-42(40)51)34-16-12-14-32(26-34)44(4,5)6;/h7-14,17-30H,1-6H3;/q-4;+4. The number of rotatable bonds is 4. The number of hydrogen-bond donors (Lipinski definition) is 0. The molecule has 0 amide bonds. The molecule has 4 aromatic carbocycles. The van der Waals surface area contributed by atoms with Crippen LogP contribution in [0, 0.1) is 25.5 Å². The van der Waals surface area contributed by atoms with Crippen LogP contribution in [0.5, 0.6) is 0 Å². The maximum atomic E-state index is 4.64. The van der Waals surface area contributed by atoms with Gasteiger partial charge in [0, 0.05) is 69.8 Å². The van der Waals surface area contributed by atoms with Crippen molar-refractivity contribution in [2.75, 3.05) is 19.6 Å². The molecule has 0 unspecified atom stereocenters. The SMILES string of the molecule is CC(C)(C)c1cc[c-]c(N2[CH-]N(C3(N4[CH-]N(c5[c-]ccc(C(C)(C)C)c5)c5ccccc54)c4ccncc4-c4cnccc43)c3ccccc32)c1.[Pt+4]. The van der Waals surface area contributed by atoms with Gasteiger partial charge in [-0.3, -0.25) is 9.97 Å². The van der Waals surface area contributed by atoms with E-state index in [4.69, 9.17) is 0 Å². The quantitative estimate of drug-likeness (QED) is 0.165. The van der Waals surface area contributed by atoms with Gasteiger partial charge in [-0.05, 0) is 47.2 Å². The predicted octanol–water partition coefficient (Wildman–Crippen LogP) is 10.4. The molecule has 6 aromatic rings. The van der Waals surface area contributed by atoms with Crippen molar-refractivity contribution < 1.29 is 21.1 Å². The Balaban J connectivity index is 0.00000387. The van der Waals surface area contributed by atoms with Crippen molar-refractivity contribution in [1.82, 2.24) is 9.97 Å². The van der Waals surface area contributed by atoms with Crippen LogP contribution < -0.4 is 19.6 Å². The van der Waals surface area contributed by atoms with Gasteiger partial charge in [0.2, 0.25) is 0 Å². The Morgan fingerprint density at radius 1 is 0.558 bits per heavy atom. The number of anilines is 6. The van der Waals surface area contributed by atoms with Gasteiger partial charge in [-0.1, -0.05) is 65.8 Å². The van der Waals surface area contributed by atoms with E-state index in [2.05, 4.69) is 182 Å². The summed E-state index contributed by atoms with van der Waals surface area (Å²) in [6, 6.07) is 41.8. The zero-order valence-electron chi connectivity index (χ0n) is 30.2. The van der Waals surface area contributed by atoms with Crippen LogP contribution in [-0.4, -0.2) is 9.97 Å². The minimum atomic E-state index is -0.852. The molecule has 0 saturated carbocycles. The molecule has 6 nitrogen and oxygen atoms in total. The van der Waals surface area contributed by atoms with Crippen molar-refractivity contribution in [2.45, 2.75) is 58.0 Å². The molecule has 9 rings (SSSR count). The Kier molecular flexibility index (Phi) is 8.11. The van der Waals surface area contributed by atoms with Gasteiger partial charge in [0.1, 0.15) is 5.66 Å². The second-order valence-corrected chi connectivity index (χ2v) is 15.6. The molecule has 52 heavy (non-hydrogen) atoms. The molecule has 0 atom stereocenters. The van der Waals surface area contributed by atoms with E-state index in [1.54, 1.807) is 0 Å². The van der Waals surface area contributed by atoms with Crippen LogP contribution in [-0.2, 0) is 37.6 Å². The second kappa shape index (κ2) is 12.3. The monoisotopic (exact) mass is 859 g/mol. The van der Waals surface area contributed by atoms with Crippen LogP contribution in [0.1, 0.15) is 63.8 Å². The van der Waals surface area contributed by atoms with Gasteiger partial charge in [0.25, 0.3) is 0 Å². The summed E-state index contributed by atoms with van der Waals surface area (Å²) in [6.45, 7) is 18.0. The Labute approximate surface area is 322 Å². The first-order chi connectivity index (χ1) is 24.6. The number of para-hydroxylation sites is 4. The summed E-state index contributed by atoms with van der Waals surface area (Å²) >= 11 is 0. The van der Waals surface area contributed by atoms with Crippen molar-refractivity contribution in [3.8, 4) is 11.1 Å². The number of benzene rings is 4. The summed E-state index contributed by atoms with van der Waals surface area (Å²) in [5.41, 5.74) is 12.4. The first kappa shape index (κ1) is 34.2. The van der Waals surface area contributed by atoms with Gasteiger partial charge in [0.15, 0.2) is 0 Å². The number of nitrogens with zero attached hydrogens (tertiary/aromatic N) is 6. The van der Waals surface area contributed by atoms with Gasteiger partial charge < -0.3 is 19.6 Å². The van der Waals surface area contributed by atoms with E-state index in [0.717, 1.165) is 56.4 Å². The number of aromatic nitrogens is 2. The normalized spacial score (nSPS) is 15.6. The van der Waals surface area contributed by atoms with Gasteiger partial charge in [-0.25, -0.2) is 0 Å². The van der Waals surface area contributed by atoms with E-state index < -0.39 is 5.66 Å². The second-order valence-electron chi connectivity index (χ2n) is 15.6. The molecular weight excluding hydrogens is 820 g/mol. The fraction of sp³-hybridized carbons (Fsp3) is 0.200. The van der Waals surface area contributed by atoms with Crippen LogP contribution in [0.15, 0.2) is 122 Å². The molecule has 2 aliphatic heterocycles. The summed E-state index contributed by atoms with van der Waals surface area (Å²) < 4.78 is 0. The first-order valence-electron chi connectivity index (χ1n) is 17.6. The van der Waals surface area contributed by atoms with E-state index >= 15 is 0 Å². The fourth-order valence-corrected chi connectivity index (χ4v) is 7.85. The zero-order chi connectivity index (χ0) is 35.1. The van der Waals surface area contributed by atoms with Crippen molar-refractivity contribution >= 4 is 34.1 Å². The minimum absolute atomic E-state index is 0. The van der Waals surface area contributed by atoms with E-state index in [1.165, 1.54) is 11.1 Å². The third-order valence-electron chi connectivity index (χ3n) is 10.5. The first-order valence-corrected chi connectivity index (χ1v) is 17.6. The van der Waals surface area contributed by atoms with Crippen molar-refractivity contribution in [3.63, 3.8) is 0 Å². The zero-order valence-corrected chi connectivity index (χ0v) is 32.5. The molecule has 0 N–H and O–H groups in total. The minimum Gasteiger partial charge on any atom is -0.494 e. The molecule has 1 aliphatic carbocycles. The van der Waals surface area contributed by atoms with Crippen LogP contribution in [0.2, 0.25) is 0 Å². The fourth-order valence-electron chi connectivity index (χ4n) is 7.85. The van der Waals surface area contributed by atoms with Gasteiger partial charge in [-0.15, -0.1) is 36.8 Å². The summed E-state index contributed by atoms with van der Waals surface area (Å²) in [5.74, 6) is 0. The van der Waals surface area contributed by atoms with Crippen LogP contribution in [0.4, 0.5) is 34.1 Å². The van der Waals surface area contributed by atoms with Gasteiger partial charge in [0.05, 0.1) is 0 Å². The Bertz CT molecular complexity index is 2140. The average Bonchev–Trinajstić information content (AvgIpc) is 3.81. The van der Waals surface area contributed by atoms with Gasteiger partial charge in [-0.2, -0.15) is 47.5 Å². The van der Waals surface area contributed by atoms with E-state index in [0.29, 0.717) is 0 Å². The summed E-state index contributed by atoms with van der Waals surface area (Å²) in [7, 11) is 0. The number of fused-ring (bicyclic) bond motifs is 5. The molecule has 0 bridgehead atoms. The Morgan fingerprint density at radius 3 is 1.37 bits per heavy atom. The molecule has 0 saturated heterocycles. The van der Waals surface area contributed by atoms with Crippen molar-refractivity contribution in [3.05, 3.63) is 170 Å². The van der Waals surface area contributed by atoms with Crippen LogP contribution >= 0.6 is 0 Å². The molecule has 2 aromatic heterocycles. The molecule has 3 aliphatic rings. The van der Waals surface area contributed by atoms with Crippen LogP contribution in [0.3, 0.4) is 0 Å². The molecule has 260 valence electrons. The molecule has 0 fully saturated rings. The largest absolute Gasteiger partial charge is 4.00 e. The number of pyridine rings is 2. The van der Waals surface area contributed by atoms with E-state index in [9.17, 15) is 0 Å². The smallest absolute Gasteiger partial charge is 0.494 e. The Hall–Kier alpha value is -4.93. The van der Waals surface area contributed by atoms with E-state index in [1.807, 2.05) is 36.9 Å². The number of hydrogen-bond acceptors (Lipinski definition) is 6. The summed E-state index contributed by atoms with van der Waals surface area (Å²) in [6.07, 6.45) is 7.79. The van der Waals surface area contributed by atoms with Crippen LogP contribution in [0.25, 0.3) is 11.1 Å². The summed E-state index contributed by atoms with van der Waals surface area (Å²) in [5, 5.41) is 0. The maximum absolute atomic E-state index is 4.64. The molecular formula is C45H40N6Pt. The average molecular weight is 860 g/mol. The Morgan fingerprint density at radius 2 is 0.962 bits per heavy atom.